The third-order valence-corrected chi connectivity index (χ3v) is 9.36. The Morgan fingerprint density at radius 3 is 1.27 bits per heavy atom. The van der Waals surface area contributed by atoms with E-state index in [0.717, 1.165) is 50.9 Å². The Labute approximate surface area is 239 Å². The number of nitrogens with zero attached hydrogens (tertiary/aromatic N) is 5. The molecule has 4 heterocycles. The van der Waals surface area contributed by atoms with Crippen molar-refractivity contribution in [3.63, 3.8) is 0 Å². The summed E-state index contributed by atoms with van der Waals surface area (Å²) in [4.78, 5) is 17.4. The van der Waals surface area contributed by atoms with Gasteiger partial charge in [0.05, 0.1) is 0 Å². The van der Waals surface area contributed by atoms with Gasteiger partial charge in [-0.15, -0.1) is 0 Å². The summed E-state index contributed by atoms with van der Waals surface area (Å²) in [5.74, 6) is 2.15. The molecule has 2 saturated heterocycles. The van der Waals surface area contributed by atoms with Gasteiger partial charge in [-0.25, -0.2) is 9.97 Å². The Kier molecular flexibility index (Phi) is 7.09. The molecule has 2 aliphatic heterocycles. The number of aromatic nitrogens is 2. The highest BCUT2D eigenvalue weighted by Crippen LogP contribution is 2.29. The minimum absolute atomic E-state index is 0.468. The summed E-state index contributed by atoms with van der Waals surface area (Å²) in [5, 5.41) is 0. The van der Waals surface area contributed by atoms with Gasteiger partial charge in [0, 0.05) is 68.8 Å². The van der Waals surface area contributed by atoms with E-state index in [-0.39, 0.29) is 0 Å². The maximum atomic E-state index is 4.91. The lowest BCUT2D eigenvalue weighted by atomic mass is 9.97. The van der Waals surface area contributed by atoms with Crippen LogP contribution in [0.3, 0.4) is 0 Å². The number of piperazine rings is 2. The highest BCUT2D eigenvalue weighted by atomic mass is 15.4. The van der Waals surface area contributed by atoms with E-state index in [2.05, 4.69) is 105 Å². The lowest BCUT2D eigenvalue weighted by molar-refractivity contribution is 0.159. The summed E-state index contributed by atoms with van der Waals surface area (Å²) in [6.07, 6.45) is 4.09. The quantitative estimate of drug-likeness (QED) is 0.294. The lowest BCUT2D eigenvalue weighted by Gasteiger charge is -2.47. The largest absolute Gasteiger partial charge is 0.354 e. The van der Waals surface area contributed by atoms with Gasteiger partial charge in [0.15, 0.2) is 0 Å². The number of aryl methyl sites for hydroxylation is 4. The van der Waals surface area contributed by atoms with Crippen molar-refractivity contribution in [2.45, 2.75) is 47.6 Å². The molecule has 2 aromatic carbocycles. The second-order valence-corrected chi connectivity index (χ2v) is 11.9. The van der Waals surface area contributed by atoms with Crippen LogP contribution in [0.1, 0.15) is 33.4 Å². The fourth-order valence-corrected chi connectivity index (χ4v) is 6.26. The molecule has 2 aromatic heterocycles. The standard InChI is InChI=1S/C35H41N5/c1-23-15-31(16-24(2)27(23)5)29-7-9-34(36-19-29)39-13-11-38-12-14-40(22-33(38)21-39)35-10-8-30(20-37-35)32-17-25(3)28(6)26(4)18-32/h7-10,15-20,33H,11-14,21-22H2,1-6H3. The van der Waals surface area contributed by atoms with Crippen LogP contribution < -0.4 is 9.80 Å². The molecule has 6 rings (SSSR count). The Morgan fingerprint density at radius 2 is 0.925 bits per heavy atom. The van der Waals surface area contributed by atoms with Gasteiger partial charge < -0.3 is 9.80 Å². The first-order valence-electron chi connectivity index (χ1n) is 14.6. The molecule has 0 bridgehead atoms. The molecule has 40 heavy (non-hydrogen) atoms. The molecule has 206 valence electrons. The van der Waals surface area contributed by atoms with Crippen molar-refractivity contribution >= 4 is 11.6 Å². The second-order valence-electron chi connectivity index (χ2n) is 11.9. The smallest absolute Gasteiger partial charge is 0.128 e. The van der Waals surface area contributed by atoms with E-state index < -0.39 is 0 Å². The van der Waals surface area contributed by atoms with Crippen LogP contribution in [0.2, 0.25) is 0 Å². The fourth-order valence-electron chi connectivity index (χ4n) is 6.26. The topological polar surface area (TPSA) is 35.5 Å². The van der Waals surface area contributed by atoms with Crippen LogP contribution in [0.5, 0.6) is 0 Å². The molecular formula is C35H41N5. The van der Waals surface area contributed by atoms with E-state index in [9.17, 15) is 0 Å². The van der Waals surface area contributed by atoms with Crippen molar-refractivity contribution in [3.05, 3.63) is 94.3 Å². The molecular weight excluding hydrogens is 490 g/mol. The molecule has 2 aliphatic rings. The molecule has 5 nitrogen and oxygen atoms in total. The SMILES string of the molecule is Cc1cc(-c2ccc(N3CCN4CCN(c5ccc(-c6cc(C)c(C)c(C)c6)cn5)CC4C3)nc2)cc(C)c1C. The minimum atomic E-state index is 0.468. The lowest BCUT2D eigenvalue weighted by Crippen LogP contribution is -2.62. The highest BCUT2D eigenvalue weighted by Gasteiger charge is 2.33. The van der Waals surface area contributed by atoms with Crippen molar-refractivity contribution in [2.75, 3.05) is 49.1 Å². The molecule has 4 aromatic rings. The number of benzene rings is 2. The predicted octanol–water partition coefficient (Wildman–Crippen LogP) is 6.67. The van der Waals surface area contributed by atoms with Gasteiger partial charge in [-0.05, 0) is 110 Å². The molecule has 0 radical (unpaired) electrons. The summed E-state index contributed by atoms with van der Waals surface area (Å²) < 4.78 is 0. The van der Waals surface area contributed by atoms with Crippen LogP contribution >= 0.6 is 0 Å². The minimum Gasteiger partial charge on any atom is -0.354 e. The number of hydrogen-bond acceptors (Lipinski definition) is 5. The van der Waals surface area contributed by atoms with Crippen LogP contribution in [0.25, 0.3) is 22.3 Å². The van der Waals surface area contributed by atoms with Crippen molar-refractivity contribution in [1.82, 2.24) is 14.9 Å². The number of anilines is 2. The molecule has 0 spiro atoms. The molecule has 2 fully saturated rings. The summed E-state index contributed by atoms with van der Waals surface area (Å²) in [6.45, 7) is 19.3. The number of rotatable bonds is 4. The number of fused-ring (bicyclic) bond motifs is 1. The molecule has 5 heteroatoms. The second kappa shape index (κ2) is 10.7. The average molecular weight is 532 g/mol. The first-order valence-corrected chi connectivity index (χ1v) is 14.6. The Balaban J connectivity index is 1.13. The van der Waals surface area contributed by atoms with E-state index in [1.807, 2.05) is 12.4 Å². The number of hydrogen-bond donors (Lipinski definition) is 0. The summed E-state index contributed by atoms with van der Waals surface area (Å²) in [5.41, 5.74) is 12.9. The van der Waals surface area contributed by atoms with Gasteiger partial charge in [-0.2, -0.15) is 0 Å². The molecule has 0 amide bonds. The van der Waals surface area contributed by atoms with Crippen molar-refractivity contribution in [3.8, 4) is 22.3 Å². The average Bonchev–Trinajstić information content (AvgIpc) is 2.97. The molecule has 0 saturated carbocycles. The third-order valence-electron chi connectivity index (χ3n) is 9.36. The van der Waals surface area contributed by atoms with E-state index in [0.29, 0.717) is 6.04 Å². The molecule has 0 unspecified atom stereocenters. The van der Waals surface area contributed by atoms with Gasteiger partial charge in [0.25, 0.3) is 0 Å². The van der Waals surface area contributed by atoms with Crippen LogP contribution in [0.15, 0.2) is 60.9 Å². The number of pyridine rings is 2. The van der Waals surface area contributed by atoms with Crippen molar-refractivity contribution in [1.29, 1.82) is 0 Å². The Bertz CT molecular complexity index is 1360. The molecule has 0 atom stereocenters. The molecule has 0 aliphatic carbocycles. The summed E-state index contributed by atoms with van der Waals surface area (Å²) in [6, 6.07) is 18.4. The zero-order valence-electron chi connectivity index (χ0n) is 24.8. The maximum Gasteiger partial charge on any atom is 0.128 e. The van der Waals surface area contributed by atoms with E-state index in [1.165, 1.54) is 55.6 Å². The van der Waals surface area contributed by atoms with Crippen LogP contribution in [0.4, 0.5) is 11.6 Å². The van der Waals surface area contributed by atoms with E-state index in [4.69, 9.17) is 9.97 Å². The monoisotopic (exact) mass is 531 g/mol. The maximum absolute atomic E-state index is 4.91. The van der Waals surface area contributed by atoms with E-state index >= 15 is 0 Å². The highest BCUT2D eigenvalue weighted by molar-refractivity contribution is 5.68. The summed E-state index contributed by atoms with van der Waals surface area (Å²) >= 11 is 0. The van der Waals surface area contributed by atoms with Crippen molar-refractivity contribution < 1.29 is 0 Å². The van der Waals surface area contributed by atoms with Crippen LogP contribution in [-0.2, 0) is 0 Å². The van der Waals surface area contributed by atoms with Gasteiger partial charge in [-0.3, -0.25) is 4.90 Å². The third kappa shape index (κ3) is 5.11. The van der Waals surface area contributed by atoms with Gasteiger partial charge in [0.1, 0.15) is 11.6 Å². The molecule has 0 N–H and O–H groups in total. The zero-order valence-corrected chi connectivity index (χ0v) is 24.8. The summed E-state index contributed by atoms with van der Waals surface area (Å²) in [7, 11) is 0. The van der Waals surface area contributed by atoms with E-state index in [1.54, 1.807) is 0 Å². The predicted molar refractivity (Wildman–Crippen MR) is 168 cm³/mol. The van der Waals surface area contributed by atoms with Gasteiger partial charge >= 0.3 is 0 Å². The Morgan fingerprint density at radius 1 is 0.525 bits per heavy atom. The van der Waals surface area contributed by atoms with Crippen LogP contribution in [-0.4, -0.2) is 60.2 Å². The first-order chi connectivity index (χ1) is 19.3. The van der Waals surface area contributed by atoms with Gasteiger partial charge in [0.2, 0.25) is 0 Å². The van der Waals surface area contributed by atoms with Gasteiger partial charge in [-0.1, -0.05) is 24.3 Å². The Hall–Kier alpha value is -3.70. The first kappa shape index (κ1) is 26.5. The normalized spacial score (nSPS) is 16.4. The van der Waals surface area contributed by atoms with Crippen molar-refractivity contribution in [2.24, 2.45) is 0 Å². The fraction of sp³-hybridized carbons (Fsp3) is 0.371. The van der Waals surface area contributed by atoms with Crippen LogP contribution in [0, 0.1) is 41.5 Å². The zero-order chi connectivity index (χ0) is 28.0.